The molecule has 1 atom stereocenters. The number of carbonyl (C=O) groups excluding carboxylic acids is 1. The van der Waals surface area contributed by atoms with Gasteiger partial charge in [-0.25, -0.2) is 4.98 Å². The van der Waals surface area contributed by atoms with Gasteiger partial charge in [0.2, 0.25) is 0 Å². The molecule has 0 bridgehead atoms. The van der Waals surface area contributed by atoms with Gasteiger partial charge in [0.15, 0.2) is 0 Å². The molecule has 0 aromatic carbocycles. The Kier molecular flexibility index (Phi) is 3.63. The largest absolute Gasteiger partial charge is 0.391 e. The average Bonchev–Trinajstić information content (AvgIpc) is 3.08. The van der Waals surface area contributed by atoms with E-state index in [0.29, 0.717) is 18.8 Å². The minimum absolute atomic E-state index is 0.0715. The molecule has 0 unspecified atom stereocenters. The zero-order valence-corrected chi connectivity index (χ0v) is 11.9. The van der Waals surface area contributed by atoms with E-state index in [1.165, 1.54) is 11.3 Å². The first-order valence-electron chi connectivity index (χ1n) is 6.21. The summed E-state index contributed by atoms with van der Waals surface area (Å²) in [6.07, 6.45) is 1.24. The molecule has 6 heteroatoms. The molecule has 1 saturated heterocycles. The fourth-order valence-electron chi connectivity index (χ4n) is 2.19. The van der Waals surface area contributed by atoms with Gasteiger partial charge in [-0.2, -0.15) is 0 Å². The number of amides is 1. The summed E-state index contributed by atoms with van der Waals surface area (Å²) in [6, 6.07) is 3.98. The third-order valence-corrected chi connectivity index (χ3v) is 5.02. The Morgan fingerprint density at radius 3 is 3.11 bits per heavy atom. The van der Waals surface area contributed by atoms with Crippen LogP contribution in [0.2, 0.25) is 0 Å². The van der Waals surface area contributed by atoms with Crippen molar-refractivity contribution < 1.29 is 9.90 Å². The number of piperidine rings is 1. The lowest BCUT2D eigenvalue weighted by atomic mass is 10.1. The number of rotatable bonds is 2. The van der Waals surface area contributed by atoms with Crippen LogP contribution in [-0.4, -0.2) is 40.1 Å². The molecule has 2 aromatic heterocycles. The fourth-order valence-corrected chi connectivity index (χ4v) is 3.79. The van der Waals surface area contributed by atoms with Gasteiger partial charge in [-0.05, 0) is 24.3 Å². The minimum atomic E-state index is -0.395. The number of aliphatic hydroxyl groups excluding tert-OH is 1. The molecule has 1 N–H and O–H groups in total. The van der Waals surface area contributed by atoms with Crippen molar-refractivity contribution in [1.29, 1.82) is 0 Å². The van der Waals surface area contributed by atoms with Crippen molar-refractivity contribution >= 4 is 28.6 Å². The molecule has 100 valence electrons. The van der Waals surface area contributed by atoms with Crippen LogP contribution in [0.3, 0.4) is 0 Å². The van der Waals surface area contributed by atoms with Crippen LogP contribution in [-0.2, 0) is 0 Å². The highest BCUT2D eigenvalue weighted by Crippen LogP contribution is 2.28. The van der Waals surface area contributed by atoms with E-state index in [1.807, 2.05) is 17.5 Å². The van der Waals surface area contributed by atoms with Crippen LogP contribution in [0, 0.1) is 0 Å². The molecule has 1 aliphatic rings. The summed E-state index contributed by atoms with van der Waals surface area (Å²) in [5.74, 6) is -0.0715. The van der Waals surface area contributed by atoms with E-state index in [2.05, 4.69) is 4.98 Å². The van der Waals surface area contributed by atoms with Crippen LogP contribution >= 0.6 is 22.7 Å². The minimum Gasteiger partial charge on any atom is -0.391 e. The predicted molar refractivity (Wildman–Crippen MR) is 76.6 cm³/mol. The van der Waals surface area contributed by atoms with Crippen molar-refractivity contribution in [3.05, 3.63) is 28.6 Å². The maximum Gasteiger partial charge on any atom is 0.273 e. The Morgan fingerprint density at radius 1 is 1.47 bits per heavy atom. The monoisotopic (exact) mass is 294 g/mol. The third kappa shape index (κ3) is 2.70. The Morgan fingerprint density at radius 2 is 2.37 bits per heavy atom. The maximum atomic E-state index is 12.3. The number of nitrogens with zero attached hydrogens (tertiary/aromatic N) is 2. The lowest BCUT2D eigenvalue weighted by Gasteiger charge is -2.29. The molecule has 1 amide bonds. The van der Waals surface area contributed by atoms with Gasteiger partial charge >= 0.3 is 0 Å². The number of hydrogen-bond donors (Lipinski definition) is 1. The SMILES string of the molecule is O=C(c1csc(-c2cccs2)n1)N1CCC[C@H](O)C1. The van der Waals surface area contributed by atoms with E-state index >= 15 is 0 Å². The topological polar surface area (TPSA) is 53.4 Å². The summed E-state index contributed by atoms with van der Waals surface area (Å²) in [7, 11) is 0. The third-order valence-electron chi connectivity index (χ3n) is 3.14. The standard InChI is InChI=1S/C13H14N2O2S2/c16-9-3-1-5-15(7-9)13(17)10-8-19-12(14-10)11-4-2-6-18-11/h2,4,6,8-9,16H,1,3,5,7H2/t9-/m0/s1. The fraction of sp³-hybridized carbons (Fsp3) is 0.385. The molecule has 1 aliphatic heterocycles. The van der Waals surface area contributed by atoms with Crippen molar-refractivity contribution in [2.24, 2.45) is 0 Å². The van der Waals surface area contributed by atoms with Crippen molar-refractivity contribution in [1.82, 2.24) is 9.88 Å². The Bertz CT molecular complexity index is 565. The van der Waals surface area contributed by atoms with E-state index in [-0.39, 0.29) is 5.91 Å². The van der Waals surface area contributed by atoms with Crippen molar-refractivity contribution in [2.75, 3.05) is 13.1 Å². The molecule has 0 aliphatic carbocycles. The van der Waals surface area contributed by atoms with E-state index in [0.717, 1.165) is 22.7 Å². The molecule has 19 heavy (non-hydrogen) atoms. The number of β-amino-alcohol motifs (C(OH)–C–C–N with tert-alkyl or cyclic N) is 1. The zero-order valence-electron chi connectivity index (χ0n) is 10.3. The van der Waals surface area contributed by atoms with Gasteiger partial charge in [0.25, 0.3) is 5.91 Å². The van der Waals surface area contributed by atoms with Crippen LogP contribution in [0.4, 0.5) is 0 Å². The summed E-state index contributed by atoms with van der Waals surface area (Å²) in [5, 5.41) is 14.3. The van der Waals surface area contributed by atoms with E-state index in [4.69, 9.17) is 0 Å². The van der Waals surface area contributed by atoms with Crippen LogP contribution in [0.15, 0.2) is 22.9 Å². The molecule has 4 nitrogen and oxygen atoms in total. The second-order valence-corrected chi connectivity index (χ2v) is 6.37. The van der Waals surface area contributed by atoms with Crippen molar-refractivity contribution in [3.8, 4) is 9.88 Å². The highest BCUT2D eigenvalue weighted by atomic mass is 32.1. The summed E-state index contributed by atoms with van der Waals surface area (Å²) < 4.78 is 0. The molecule has 0 spiro atoms. The predicted octanol–water partition coefficient (Wildman–Crippen LogP) is 2.47. The number of hydrogen-bond acceptors (Lipinski definition) is 5. The van der Waals surface area contributed by atoms with Gasteiger partial charge in [0.05, 0.1) is 11.0 Å². The van der Waals surface area contributed by atoms with Crippen LogP contribution in [0.25, 0.3) is 9.88 Å². The van der Waals surface area contributed by atoms with Crippen LogP contribution in [0.1, 0.15) is 23.3 Å². The second kappa shape index (κ2) is 5.40. The van der Waals surface area contributed by atoms with Gasteiger partial charge < -0.3 is 10.0 Å². The summed E-state index contributed by atoms with van der Waals surface area (Å²) in [4.78, 5) is 19.5. The molecular formula is C13H14N2O2S2. The number of thiazole rings is 1. The Labute approximate surface area is 119 Å². The quantitative estimate of drug-likeness (QED) is 0.925. The molecule has 0 saturated carbocycles. The normalized spacial score (nSPS) is 19.6. The highest BCUT2D eigenvalue weighted by Gasteiger charge is 2.24. The molecule has 3 rings (SSSR count). The van der Waals surface area contributed by atoms with Crippen LogP contribution in [0.5, 0.6) is 0 Å². The number of likely N-dealkylation sites (tertiary alicyclic amines) is 1. The number of aliphatic hydroxyl groups is 1. The number of thiophene rings is 1. The Hall–Kier alpha value is -1.24. The summed E-state index contributed by atoms with van der Waals surface area (Å²) in [5.41, 5.74) is 0.488. The van der Waals surface area contributed by atoms with Crippen molar-refractivity contribution in [3.63, 3.8) is 0 Å². The van der Waals surface area contributed by atoms with Gasteiger partial charge in [-0.1, -0.05) is 6.07 Å². The average molecular weight is 294 g/mol. The van der Waals surface area contributed by atoms with Crippen LogP contribution < -0.4 is 0 Å². The summed E-state index contributed by atoms with van der Waals surface area (Å²) >= 11 is 3.11. The Balaban J connectivity index is 1.77. The lowest BCUT2D eigenvalue weighted by molar-refractivity contribution is 0.0469. The van der Waals surface area contributed by atoms with Gasteiger partial charge in [-0.3, -0.25) is 4.79 Å². The van der Waals surface area contributed by atoms with E-state index < -0.39 is 6.10 Å². The van der Waals surface area contributed by atoms with E-state index in [1.54, 1.807) is 21.6 Å². The zero-order chi connectivity index (χ0) is 13.2. The lowest BCUT2D eigenvalue weighted by Crippen LogP contribution is -2.42. The number of aromatic nitrogens is 1. The second-order valence-electron chi connectivity index (χ2n) is 4.56. The molecule has 0 radical (unpaired) electrons. The summed E-state index contributed by atoms with van der Waals surface area (Å²) in [6.45, 7) is 1.13. The maximum absolute atomic E-state index is 12.3. The first-order valence-corrected chi connectivity index (χ1v) is 7.97. The first-order chi connectivity index (χ1) is 9.24. The van der Waals surface area contributed by atoms with Gasteiger partial charge in [0.1, 0.15) is 10.7 Å². The molecular weight excluding hydrogens is 280 g/mol. The van der Waals surface area contributed by atoms with Crippen molar-refractivity contribution in [2.45, 2.75) is 18.9 Å². The van der Waals surface area contributed by atoms with E-state index in [9.17, 15) is 9.90 Å². The molecule has 3 heterocycles. The van der Waals surface area contributed by atoms with Gasteiger partial charge in [0, 0.05) is 18.5 Å². The smallest absolute Gasteiger partial charge is 0.273 e. The molecule has 1 fully saturated rings. The molecule has 2 aromatic rings. The highest BCUT2D eigenvalue weighted by molar-refractivity contribution is 7.20. The first kappa shape index (κ1) is 12.8. The number of carbonyl (C=O) groups is 1. The van der Waals surface area contributed by atoms with Gasteiger partial charge in [-0.15, -0.1) is 22.7 Å².